The molecule has 4 aromatic carbocycles. The molecule has 0 radical (unpaired) electrons. The largest absolute Gasteiger partial charge is 0.313 e. The van der Waals surface area contributed by atoms with Gasteiger partial charge in [-0.2, -0.15) is 0 Å². The van der Waals surface area contributed by atoms with Crippen LogP contribution in [0.4, 0.5) is 0 Å². The fourth-order valence-electron chi connectivity index (χ4n) is 3.71. The van der Waals surface area contributed by atoms with Crippen LogP contribution in [0.5, 0.6) is 0 Å². The molecule has 0 atom stereocenters. The molecule has 2 heterocycles. The fourth-order valence-corrected chi connectivity index (χ4v) is 5.69. The van der Waals surface area contributed by atoms with Crippen LogP contribution in [0, 0.1) is 0 Å². The Labute approximate surface area is 233 Å². The molecule has 8 heteroatoms. The van der Waals surface area contributed by atoms with Gasteiger partial charge >= 0.3 is 0 Å². The van der Waals surface area contributed by atoms with Gasteiger partial charge in [-0.05, 0) is 47.5 Å². The number of thioether (sulfide) groups is 2. The molecule has 0 bridgehead atoms. The molecule has 0 aliphatic carbocycles. The molecule has 0 saturated heterocycles. The summed E-state index contributed by atoms with van der Waals surface area (Å²) in [5.41, 5.74) is 4.13. The van der Waals surface area contributed by atoms with E-state index in [0.717, 1.165) is 32.8 Å². The van der Waals surface area contributed by atoms with Crippen molar-refractivity contribution in [2.24, 2.45) is 0 Å². The molecular weight excluding hydrogens is 532 g/mol. The number of halogens is 1. The Hall–Kier alpha value is -3.65. The van der Waals surface area contributed by atoms with Crippen molar-refractivity contribution in [1.82, 2.24) is 19.9 Å². The number of nitrogens with one attached hydrogen (secondary N) is 1. The second-order valence-electron chi connectivity index (χ2n) is 8.30. The molecule has 1 N–H and O–H groups in total. The number of rotatable bonds is 6. The summed E-state index contributed by atoms with van der Waals surface area (Å²) in [5, 5.41) is 2.03. The Balaban J connectivity index is 0.000000155. The van der Waals surface area contributed by atoms with Gasteiger partial charge in [0.2, 0.25) is 0 Å². The van der Waals surface area contributed by atoms with Gasteiger partial charge in [0.05, 0.1) is 22.7 Å². The van der Waals surface area contributed by atoms with Crippen LogP contribution in [-0.4, -0.2) is 19.9 Å². The highest BCUT2D eigenvalue weighted by atomic mass is 35.5. The number of H-pyrrole nitrogens is 1. The average molecular weight is 555 g/mol. The highest BCUT2D eigenvalue weighted by molar-refractivity contribution is 7.98. The van der Waals surface area contributed by atoms with E-state index in [2.05, 4.69) is 68.5 Å². The van der Waals surface area contributed by atoms with E-state index < -0.39 is 0 Å². The third kappa shape index (κ3) is 6.81. The van der Waals surface area contributed by atoms with Crippen LogP contribution in [-0.2, 0) is 11.5 Å². The van der Waals surface area contributed by atoms with Crippen molar-refractivity contribution in [3.63, 3.8) is 0 Å². The lowest BCUT2D eigenvalue weighted by atomic mass is 10.2. The highest BCUT2D eigenvalue weighted by Gasteiger charge is 2.04. The first-order valence-electron chi connectivity index (χ1n) is 11.9. The lowest BCUT2D eigenvalue weighted by Gasteiger charge is -2.04. The van der Waals surface area contributed by atoms with Gasteiger partial charge in [0.1, 0.15) is 11.5 Å². The van der Waals surface area contributed by atoms with Gasteiger partial charge in [-0.3, -0.25) is 4.79 Å². The van der Waals surface area contributed by atoms with Crippen LogP contribution >= 0.6 is 35.1 Å². The maximum Gasteiger partial charge on any atom is 0.258 e. The minimum atomic E-state index is -0.0930. The lowest BCUT2D eigenvalue weighted by molar-refractivity contribution is 1.17. The molecule has 188 valence electrons. The zero-order chi connectivity index (χ0) is 26.2. The van der Waals surface area contributed by atoms with E-state index in [1.807, 2.05) is 48.5 Å². The van der Waals surface area contributed by atoms with Gasteiger partial charge in [0.15, 0.2) is 0 Å². The number of hydrogen-bond donors (Lipinski definition) is 1. The van der Waals surface area contributed by atoms with Gasteiger partial charge in [-0.25, -0.2) is 15.0 Å². The first kappa shape index (κ1) is 26.0. The van der Waals surface area contributed by atoms with Gasteiger partial charge in [0, 0.05) is 26.7 Å². The minimum Gasteiger partial charge on any atom is -0.313 e. The summed E-state index contributed by atoms with van der Waals surface area (Å²) in [6, 6.07) is 32.6. The smallest absolute Gasteiger partial charge is 0.258 e. The topological polar surface area (TPSA) is 71.5 Å². The summed E-state index contributed by atoms with van der Waals surface area (Å²) in [5.74, 6) is 1.86. The Morgan fingerprint density at radius 3 is 1.82 bits per heavy atom. The van der Waals surface area contributed by atoms with Crippen molar-refractivity contribution < 1.29 is 0 Å². The fraction of sp³-hybridized carbons (Fsp3) is 0.0667. The number of aromatic nitrogens is 4. The van der Waals surface area contributed by atoms with E-state index in [0.29, 0.717) is 10.5 Å². The maximum atomic E-state index is 11.6. The van der Waals surface area contributed by atoms with Crippen LogP contribution in [0.1, 0.15) is 11.1 Å². The second-order valence-corrected chi connectivity index (χ2v) is 10.8. The first-order chi connectivity index (χ1) is 18.7. The molecule has 6 aromatic rings. The van der Waals surface area contributed by atoms with E-state index in [1.165, 1.54) is 28.7 Å². The summed E-state index contributed by atoms with van der Waals surface area (Å²) in [7, 11) is 0. The van der Waals surface area contributed by atoms with Crippen molar-refractivity contribution in [2.45, 2.75) is 21.3 Å². The van der Waals surface area contributed by atoms with E-state index in [9.17, 15) is 4.79 Å². The molecule has 5 nitrogen and oxygen atoms in total. The standard InChI is InChI=1S/C15H11ClN2S.C15H12N2OS/c16-15-13-7-6-12(8-14(13)17-10-18-15)19-9-11-4-2-1-3-5-11;18-15-13-7-6-12(8-14(13)16-10-17-15)19-9-11-4-2-1-3-5-11/h1-8,10H,9H2;1-8,10H,9H2,(H,16,17,18). The second kappa shape index (κ2) is 12.7. The van der Waals surface area contributed by atoms with Gasteiger partial charge in [-0.1, -0.05) is 72.3 Å². The van der Waals surface area contributed by atoms with Gasteiger partial charge < -0.3 is 4.98 Å². The monoisotopic (exact) mass is 554 g/mol. The third-order valence-corrected chi connectivity index (χ3v) is 8.10. The summed E-state index contributed by atoms with van der Waals surface area (Å²) in [6.45, 7) is 0. The number of aromatic amines is 1. The van der Waals surface area contributed by atoms with E-state index in [1.54, 1.807) is 23.5 Å². The number of fused-ring (bicyclic) bond motifs is 2. The van der Waals surface area contributed by atoms with Crippen LogP contribution < -0.4 is 5.56 Å². The average Bonchev–Trinajstić information content (AvgIpc) is 2.97. The summed E-state index contributed by atoms with van der Waals surface area (Å²) in [6.07, 6.45) is 2.94. The lowest BCUT2D eigenvalue weighted by Crippen LogP contribution is -2.05. The SMILES string of the molecule is Clc1ncnc2cc(SCc3ccccc3)ccc12.O=c1[nH]cnc2cc(SCc3ccccc3)ccc12. The van der Waals surface area contributed by atoms with Gasteiger partial charge in [0.25, 0.3) is 5.56 Å². The normalized spacial score (nSPS) is 10.8. The van der Waals surface area contributed by atoms with E-state index in [-0.39, 0.29) is 5.56 Å². The number of nitrogens with zero attached hydrogens (tertiary/aromatic N) is 3. The molecule has 6 rings (SSSR count). The van der Waals surface area contributed by atoms with Crippen LogP contribution in [0.3, 0.4) is 0 Å². The predicted octanol–water partition coefficient (Wildman–Crippen LogP) is 7.79. The Bertz CT molecular complexity index is 1710. The van der Waals surface area contributed by atoms with Crippen LogP contribution in [0.15, 0.2) is 124 Å². The van der Waals surface area contributed by atoms with Crippen molar-refractivity contribution in [1.29, 1.82) is 0 Å². The minimum absolute atomic E-state index is 0.0930. The van der Waals surface area contributed by atoms with Crippen LogP contribution in [0.25, 0.3) is 21.8 Å². The summed E-state index contributed by atoms with van der Waals surface area (Å²) in [4.78, 5) is 28.9. The molecule has 0 fully saturated rings. The summed E-state index contributed by atoms with van der Waals surface area (Å²) < 4.78 is 0. The molecule has 0 spiro atoms. The molecule has 0 aliphatic rings. The Kier molecular flexibility index (Phi) is 8.71. The quantitative estimate of drug-likeness (QED) is 0.167. The van der Waals surface area contributed by atoms with Crippen molar-refractivity contribution in [3.05, 3.63) is 136 Å². The maximum absolute atomic E-state index is 11.6. The Morgan fingerprint density at radius 1 is 0.658 bits per heavy atom. The van der Waals surface area contributed by atoms with Crippen molar-refractivity contribution >= 4 is 56.9 Å². The molecule has 0 unspecified atom stereocenters. The zero-order valence-electron chi connectivity index (χ0n) is 20.3. The number of hydrogen-bond acceptors (Lipinski definition) is 6. The van der Waals surface area contributed by atoms with E-state index >= 15 is 0 Å². The first-order valence-corrected chi connectivity index (χ1v) is 14.2. The van der Waals surface area contributed by atoms with Crippen LogP contribution in [0.2, 0.25) is 5.15 Å². The molecule has 2 aromatic heterocycles. The molecule has 0 aliphatic heterocycles. The summed E-state index contributed by atoms with van der Waals surface area (Å²) >= 11 is 9.56. The van der Waals surface area contributed by atoms with Gasteiger partial charge in [-0.15, -0.1) is 23.5 Å². The van der Waals surface area contributed by atoms with E-state index in [4.69, 9.17) is 11.6 Å². The van der Waals surface area contributed by atoms with Crippen molar-refractivity contribution in [2.75, 3.05) is 0 Å². The molecule has 38 heavy (non-hydrogen) atoms. The third-order valence-electron chi connectivity index (χ3n) is 5.67. The number of benzene rings is 4. The molecule has 0 saturated carbocycles. The highest BCUT2D eigenvalue weighted by Crippen LogP contribution is 2.28. The molecular formula is C30H23ClN4OS2. The molecule has 0 amide bonds. The Morgan fingerprint density at radius 2 is 1.21 bits per heavy atom. The predicted molar refractivity (Wildman–Crippen MR) is 159 cm³/mol. The zero-order valence-corrected chi connectivity index (χ0v) is 22.6. The van der Waals surface area contributed by atoms with Crippen molar-refractivity contribution in [3.8, 4) is 0 Å².